The van der Waals surface area contributed by atoms with E-state index in [0.717, 1.165) is 18.7 Å². The molecular formula is C14H21N3OS. The van der Waals surface area contributed by atoms with E-state index >= 15 is 0 Å². The van der Waals surface area contributed by atoms with Crippen molar-refractivity contribution in [3.63, 3.8) is 0 Å². The van der Waals surface area contributed by atoms with Crippen molar-refractivity contribution in [2.75, 3.05) is 36.0 Å². The molecule has 1 aromatic rings. The number of carbonyl (C=O) groups is 1. The molecule has 19 heavy (non-hydrogen) atoms. The number of rotatable bonds is 4. The minimum absolute atomic E-state index is 0.111. The number of amides is 2. The summed E-state index contributed by atoms with van der Waals surface area (Å²) in [7, 11) is 0. The normalized spacial score (nSPS) is 15.1. The van der Waals surface area contributed by atoms with Gasteiger partial charge in [0.25, 0.3) is 0 Å². The second-order valence-electron chi connectivity index (χ2n) is 4.48. The first-order chi connectivity index (χ1) is 9.29. The fourth-order valence-corrected chi connectivity index (χ4v) is 2.95. The Labute approximate surface area is 118 Å². The molecule has 0 radical (unpaired) electrons. The molecule has 2 rings (SSSR count). The maximum Gasteiger partial charge on any atom is 0.315 e. The van der Waals surface area contributed by atoms with Crippen molar-refractivity contribution in [3.8, 4) is 0 Å². The molecule has 1 aromatic carbocycles. The van der Waals surface area contributed by atoms with Crippen molar-refractivity contribution < 1.29 is 4.79 Å². The van der Waals surface area contributed by atoms with Gasteiger partial charge in [-0.3, -0.25) is 0 Å². The van der Waals surface area contributed by atoms with E-state index in [1.54, 1.807) is 0 Å². The van der Waals surface area contributed by atoms with E-state index in [4.69, 9.17) is 0 Å². The molecule has 104 valence electrons. The molecule has 2 N–H and O–H groups in total. The molecular weight excluding hydrogens is 258 g/mol. The van der Waals surface area contributed by atoms with Crippen molar-refractivity contribution >= 4 is 23.5 Å². The molecule has 1 aliphatic heterocycles. The number of hydrogen-bond donors (Lipinski definition) is 2. The van der Waals surface area contributed by atoms with Crippen LogP contribution in [0.15, 0.2) is 24.3 Å². The monoisotopic (exact) mass is 279 g/mol. The van der Waals surface area contributed by atoms with Crippen LogP contribution in [0.3, 0.4) is 0 Å². The first-order valence-electron chi connectivity index (χ1n) is 6.73. The lowest BCUT2D eigenvalue weighted by atomic mass is 10.2. The van der Waals surface area contributed by atoms with E-state index < -0.39 is 0 Å². The van der Waals surface area contributed by atoms with Gasteiger partial charge in [-0.25, -0.2) is 4.79 Å². The van der Waals surface area contributed by atoms with Gasteiger partial charge in [0.1, 0.15) is 0 Å². The number of urea groups is 1. The van der Waals surface area contributed by atoms with E-state index in [0.29, 0.717) is 13.1 Å². The maximum absolute atomic E-state index is 11.3. The Morgan fingerprint density at radius 3 is 2.53 bits per heavy atom. The highest BCUT2D eigenvalue weighted by Gasteiger charge is 2.10. The third-order valence-corrected chi connectivity index (χ3v) is 4.05. The molecule has 5 heteroatoms. The van der Waals surface area contributed by atoms with E-state index in [-0.39, 0.29) is 6.03 Å². The Morgan fingerprint density at radius 2 is 1.89 bits per heavy atom. The Bertz CT molecular complexity index is 402. The van der Waals surface area contributed by atoms with Gasteiger partial charge >= 0.3 is 6.03 Å². The van der Waals surface area contributed by atoms with Crippen LogP contribution in [0.2, 0.25) is 0 Å². The van der Waals surface area contributed by atoms with Crippen molar-refractivity contribution in [3.05, 3.63) is 29.8 Å². The van der Waals surface area contributed by atoms with Crippen LogP contribution in [0.4, 0.5) is 10.5 Å². The summed E-state index contributed by atoms with van der Waals surface area (Å²) in [5.74, 6) is 2.42. The fraction of sp³-hybridized carbons (Fsp3) is 0.500. The van der Waals surface area contributed by atoms with Gasteiger partial charge in [0.2, 0.25) is 0 Å². The molecule has 0 atom stereocenters. The number of benzene rings is 1. The lowest BCUT2D eigenvalue weighted by Crippen LogP contribution is -2.34. The molecule has 0 aromatic heterocycles. The first kappa shape index (κ1) is 14.1. The summed E-state index contributed by atoms with van der Waals surface area (Å²) in [6.07, 6.45) is 0. The zero-order valence-corrected chi connectivity index (χ0v) is 12.1. The lowest BCUT2D eigenvalue weighted by Gasteiger charge is -2.28. The molecule has 2 amide bonds. The number of thioether (sulfide) groups is 1. The third-order valence-electron chi connectivity index (χ3n) is 3.10. The average molecular weight is 279 g/mol. The molecule has 1 saturated heterocycles. The SMILES string of the molecule is CCNC(=O)NCc1ccc(N2CCSCC2)cc1. The molecule has 0 unspecified atom stereocenters. The van der Waals surface area contributed by atoms with Gasteiger partial charge in [-0.05, 0) is 24.6 Å². The number of nitrogens with one attached hydrogen (secondary N) is 2. The van der Waals surface area contributed by atoms with Gasteiger partial charge in [0.05, 0.1) is 0 Å². The smallest absolute Gasteiger partial charge is 0.315 e. The number of anilines is 1. The van der Waals surface area contributed by atoms with E-state index in [2.05, 4.69) is 39.8 Å². The summed E-state index contributed by atoms with van der Waals surface area (Å²) < 4.78 is 0. The van der Waals surface area contributed by atoms with E-state index in [9.17, 15) is 4.79 Å². The Balaban J connectivity index is 1.85. The summed E-state index contributed by atoms with van der Waals surface area (Å²) in [5.41, 5.74) is 2.41. The minimum Gasteiger partial charge on any atom is -0.370 e. The van der Waals surface area contributed by atoms with Crippen LogP contribution in [0.25, 0.3) is 0 Å². The molecule has 4 nitrogen and oxygen atoms in total. The first-order valence-corrected chi connectivity index (χ1v) is 7.88. The summed E-state index contributed by atoms with van der Waals surface area (Å²) in [6.45, 7) is 5.38. The molecule has 0 bridgehead atoms. The van der Waals surface area contributed by atoms with Crippen LogP contribution in [-0.2, 0) is 6.54 Å². The van der Waals surface area contributed by atoms with Crippen LogP contribution >= 0.6 is 11.8 Å². The highest BCUT2D eigenvalue weighted by atomic mass is 32.2. The standard InChI is InChI=1S/C14H21N3OS/c1-2-15-14(18)16-11-12-3-5-13(6-4-12)17-7-9-19-10-8-17/h3-6H,2,7-11H2,1H3,(H2,15,16,18). The van der Waals surface area contributed by atoms with Gasteiger partial charge in [0.15, 0.2) is 0 Å². The van der Waals surface area contributed by atoms with Gasteiger partial charge in [-0.15, -0.1) is 0 Å². The summed E-state index contributed by atoms with van der Waals surface area (Å²) in [6, 6.07) is 8.35. The molecule has 0 saturated carbocycles. The zero-order chi connectivity index (χ0) is 13.5. The summed E-state index contributed by atoms with van der Waals surface area (Å²) in [4.78, 5) is 13.7. The van der Waals surface area contributed by atoms with Gasteiger partial charge in [-0.2, -0.15) is 11.8 Å². The Hall–Kier alpha value is -1.36. The average Bonchev–Trinajstić information content (AvgIpc) is 2.47. The highest BCUT2D eigenvalue weighted by molar-refractivity contribution is 7.99. The Morgan fingerprint density at radius 1 is 1.21 bits per heavy atom. The fourth-order valence-electron chi connectivity index (χ4n) is 2.05. The maximum atomic E-state index is 11.3. The van der Waals surface area contributed by atoms with Crippen LogP contribution in [0.1, 0.15) is 12.5 Å². The predicted octanol–water partition coefficient (Wildman–Crippen LogP) is 2.06. The van der Waals surface area contributed by atoms with Crippen molar-refractivity contribution in [2.24, 2.45) is 0 Å². The van der Waals surface area contributed by atoms with Crippen molar-refractivity contribution in [2.45, 2.75) is 13.5 Å². The molecule has 1 heterocycles. The summed E-state index contributed by atoms with van der Waals surface area (Å²) >= 11 is 2.02. The second kappa shape index (κ2) is 7.28. The Kier molecular flexibility index (Phi) is 5.39. The van der Waals surface area contributed by atoms with Gasteiger partial charge < -0.3 is 15.5 Å². The number of hydrogen-bond acceptors (Lipinski definition) is 3. The number of carbonyl (C=O) groups excluding carboxylic acids is 1. The van der Waals surface area contributed by atoms with E-state index in [1.807, 2.05) is 18.7 Å². The zero-order valence-electron chi connectivity index (χ0n) is 11.3. The lowest BCUT2D eigenvalue weighted by molar-refractivity contribution is 0.241. The van der Waals surface area contributed by atoms with Crippen LogP contribution in [0, 0.1) is 0 Å². The predicted molar refractivity (Wildman–Crippen MR) is 81.9 cm³/mol. The molecule has 0 spiro atoms. The molecule has 1 fully saturated rings. The number of nitrogens with zero attached hydrogens (tertiary/aromatic N) is 1. The third kappa shape index (κ3) is 4.35. The van der Waals surface area contributed by atoms with Crippen molar-refractivity contribution in [1.82, 2.24) is 10.6 Å². The van der Waals surface area contributed by atoms with Gasteiger partial charge in [0, 0.05) is 43.4 Å². The topological polar surface area (TPSA) is 44.4 Å². The van der Waals surface area contributed by atoms with Crippen LogP contribution in [0.5, 0.6) is 0 Å². The second-order valence-corrected chi connectivity index (χ2v) is 5.70. The highest BCUT2D eigenvalue weighted by Crippen LogP contribution is 2.19. The largest absolute Gasteiger partial charge is 0.370 e. The molecule has 0 aliphatic carbocycles. The van der Waals surface area contributed by atoms with Gasteiger partial charge in [-0.1, -0.05) is 12.1 Å². The van der Waals surface area contributed by atoms with Crippen LogP contribution in [-0.4, -0.2) is 37.2 Å². The van der Waals surface area contributed by atoms with Crippen LogP contribution < -0.4 is 15.5 Å². The quantitative estimate of drug-likeness (QED) is 0.886. The molecule has 1 aliphatic rings. The summed E-state index contributed by atoms with van der Waals surface area (Å²) in [5, 5.41) is 5.55. The van der Waals surface area contributed by atoms with E-state index in [1.165, 1.54) is 17.2 Å². The minimum atomic E-state index is -0.111. The van der Waals surface area contributed by atoms with Crippen molar-refractivity contribution in [1.29, 1.82) is 0 Å².